The van der Waals surface area contributed by atoms with Crippen LogP contribution in [-0.4, -0.2) is 31.2 Å². The van der Waals surface area contributed by atoms with E-state index in [1.807, 2.05) is 18.2 Å². The highest BCUT2D eigenvalue weighted by atomic mass is 31.2. The fourth-order valence-corrected chi connectivity index (χ4v) is 2.75. The van der Waals surface area contributed by atoms with Gasteiger partial charge < -0.3 is 14.4 Å². The molecule has 0 bridgehead atoms. The number of phosphoric acid groups is 1. The summed E-state index contributed by atoms with van der Waals surface area (Å²) >= 11 is 0. The Kier molecular flexibility index (Phi) is 7.81. The Morgan fingerprint density at radius 1 is 1.00 bits per heavy atom. The second-order valence-corrected chi connectivity index (χ2v) is 6.73. The van der Waals surface area contributed by atoms with Crippen LogP contribution in [0.1, 0.15) is 22.3 Å². The Hall–Kier alpha value is -2.18. The second-order valence-electron chi connectivity index (χ2n) is 5.28. The molecule has 0 fully saturated rings. The third-order valence-electron chi connectivity index (χ3n) is 3.32. The van der Waals surface area contributed by atoms with E-state index in [2.05, 4.69) is 4.74 Å². The van der Waals surface area contributed by atoms with Gasteiger partial charge in [-0.05, 0) is 29.8 Å². The highest BCUT2D eigenvalue weighted by Gasteiger charge is 2.20. The lowest BCUT2D eigenvalue weighted by Crippen LogP contribution is -2.04. The molecule has 0 heterocycles. The van der Waals surface area contributed by atoms with Crippen molar-refractivity contribution >= 4 is 13.8 Å². The van der Waals surface area contributed by atoms with Crippen molar-refractivity contribution in [1.29, 1.82) is 0 Å². The maximum Gasteiger partial charge on any atom is 0.472 e. The van der Waals surface area contributed by atoms with E-state index in [1.165, 1.54) is 7.11 Å². The van der Waals surface area contributed by atoms with Gasteiger partial charge in [0.25, 0.3) is 0 Å². The molecule has 0 saturated carbocycles. The molecule has 26 heavy (non-hydrogen) atoms. The minimum Gasteiger partial charge on any atom is -0.494 e. The monoisotopic (exact) mass is 380 g/mol. The van der Waals surface area contributed by atoms with Crippen LogP contribution in [0.5, 0.6) is 5.75 Å². The molecule has 0 spiro atoms. The normalized spacial score (nSPS) is 13.0. The molecule has 0 aliphatic carbocycles. The van der Waals surface area contributed by atoms with Gasteiger partial charge in [-0.15, -0.1) is 0 Å². The van der Waals surface area contributed by atoms with Crippen molar-refractivity contribution in [1.82, 2.24) is 0 Å². The lowest BCUT2D eigenvalue weighted by molar-refractivity contribution is 0.0600. The van der Waals surface area contributed by atoms with Crippen LogP contribution < -0.4 is 4.74 Å². The first kappa shape index (κ1) is 20.1. The topological polar surface area (TPSA) is 91.3 Å². The molecule has 0 aliphatic rings. The molecule has 0 aromatic heterocycles. The molecule has 8 heteroatoms. The number of carbonyl (C=O) groups is 1. The molecular weight excluding hydrogens is 359 g/mol. The number of carbonyl (C=O) groups excluding carboxylic acids is 1. The molecule has 2 aromatic rings. The summed E-state index contributed by atoms with van der Waals surface area (Å²) in [5, 5.41) is 0. The van der Waals surface area contributed by atoms with Crippen molar-refractivity contribution in [2.24, 2.45) is 0 Å². The van der Waals surface area contributed by atoms with E-state index in [0.717, 1.165) is 5.56 Å². The van der Waals surface area contributed by atoms with Crippen molar-refractivity contribution in [3.63, 3.8) is 0 Å². The summed E-state index contributed by atoms with van der Waals surface area (Å²) < 4.78 is 31.7. The molecule has 1 N–H and O–H groups in total. The Bertz CT molecular complexity index is 731. The molecule has 1 atom stereocenters. The second kappa shape index (κ2) is 10.1. The summed E-state index contributed by atoms with van der Waals surface area (Å²) in [6.45, 7) is 0.302. The highest BCUT2D eigenvalue weighted by Crippen LogP contribution is 2.44. The fraction of sp³-hybridized carbons (Fsp3) is 0.278. The van der Waals surface area contributed by atoms with Crippen LogP contribution in [0.25, 0.3) is 0 Å². The van der Waals surface area contributed by atoms with Crippen molar-refractivity contribution in [2.45, 2.75) is 13.0 Å². The van der Waals surface area contributed by atoms with Crippen LogP contribution in [-0.2, 0) is 25.0 Å². The van der Waals surface area contributed by atoms with Crippen molar-refractivity contribution in [2.75, 3.05) is 20.3 Å². The quantitative estimate of drug-likeness (QED) is 0.383. The zero-order valence-corrected chi connectivity index (χ0v) is 15.3. The van der Waals surface area contributed by atoms with E-state index in [1.54, 1.807) is 36.4 Å². The molecule has 0 radical (unpaired) electrons. The first-order chi connectivity index (χ1) is 12.5. The fourth-order valence-electron chi connectivity index (χ4n) is 2.00. The van der Waals surface area contributed by atoms with Gasteiger partial charge in [0.2, 0.25) is 0 Å². The average Bonchev–Trinajstić information content (AvgIpc) is 2.67. The SMILES string of the molecule is COC(=O)c1ccc(OCCCOP(=O)(O)OCc2ccccc2)cc1. The maximum absolute atomic E-state index is 11.8. The number of hydrogen-bond acceptors (Lipinski definition) is 6. The number of rotatable bonds is 10. The van der Waals surface area contributed by atoms with Gasteiger partial charge in [-0.3, -0.25) is 9.05 Å². The zero-order valence-electron chi connectivity index (χ0n) is 14.4. The van der Waals surface area contributed by atoms with Crippen molar-refractivity contribution < 1.29 is 32.8 Å². The molecule has 2 aromatic carbocycles. The third kappa shape index (κ3) is 6.98. The lowest BCUT2D eigenvalue weighted by Gasteiger charge is -2.12. The number of esters is 1. The number of ether oxygens (including phenoxy) is 2. The van der Waals surface area contributed by atoms with Crippen LogP contribution in [0.4, 0.5) is 0 Å². The molecule has 2 rings (SSSR count). The largest absolute Gasteiger partial charge is 0.494 e. The zero-order chi connectivity index (χ0) is 18.8. The molecule has 0 aliphatic heterocycles. The predicted molar refractivity (Wildman–Crippen MR) is 94.9 cm³/mol. The first-order valence-electron chi connectivity index (χ1n) is 7.97. The Balaban J connectivity index is 1.64. The third-order valence-corrected chi connectivity index (χ3v) is 4.29. The maximum atomic E-state index is 11.8. The summed E-state index contributed by atoms with van der Waals surface area (Å²) in [5.41, 5.74) is 1.21. The van der Waals surface area contributed by atoms with Gasteiger partial charge >= 0.3 is 13.8 Å². The van der Waals surface area contributed by atoms with Gasteiger partial charge in [-0.1, -0.05) is 30.3 Å². The first-order valence-corrected chi connectivity index (χ1v) is 9.47. The number of benzene rings is 2. The van der Waals surface area contributed by atoms with Gasteiger partial charge in [0.15, 0.2) is 0 Å². The lowest BCUT2D eigenvalue weighted by atomic mass is 10.2. The Morgan fingerprint density at radius 3 is 2.35 bits per heavy atom. The molecule has 0 amide bonds. The number of methoxy groups -OCH3 is 1. The summed E-state index contributed by atoms with van der Waals surface area (Å²) in [7, 11) is -2.78. The van der Waals surface area contributed by atoms with Crippen LogP contribution in [0, 0.1) is 0 Å². The van der Waals surface area contributed by atoms with Gasteiger partial charge in [-0.2, -0.15) is 0 Å². The summed E-state index contributed by atoms with van der Waals surface area (Å²) in [5.74, 6) is 0.157. The highest BCUT2D eigenvalue weighted by molar-refractivity contribution is 7.47. The average molecular weight is 380 g/mol. The van der Waals surface area contributed by atoms with E-state index in [4.69, 9.17) is 13.8 Å². The molecule has 140 valence electrons. The summed E-state index contributed by atoms with van der Waals surface area (Å²) in [6, 6.07) is 15.5. The molecule has 7 nitrogen and oxygen atoms in total. The molecule has 0 saturated heterocycles. The minimum atomic E-state index is -4.10. The van der Waals surface area contributed by atoms with E-state index < -0.39 is 13.8 Å². The predicted octanol–water partition coefficient (Wildman–Crippen LogP) is 3.58. The van der Waals surface area contributed by atoms with Crippen LogP contribution in [0.2, 0.25) is 0 Å². The summed E-state index contributed by atoms with van der Waals surface area (Å²) in [4.78, 5) is 20.9. The van der Waals surface area contributed by atoms with Crippen molar-refractivity contribution in [3.8, 4) is 5.75 Å². The van der Waals surface area contributed by atoms with E-state index in [0.29, 0.717) is 17.7 Å². The smallest absolute Gasteiger partial charge is 0.472 e. The van der Waals surface area contributed by atoms with Crippen molar-refractivity contribution in [3.05, 3.63) is 65.7 Å². The molecular formula is C18H21O7P. The number of phosphoric ester groups is 1. The minimum absolute atomic E-state index is 0.00232. The molecule has 1 unspecified atom stereocenters. The van der Waals surface area contributed by atoms with Gasteiger partial charge in [0.05, 0.1) is 32.5 Å². The Labute approximate surface area is 152 Å². The Morgan fingerprint density at radius 2 is 1.69 bits per heavy atom. The number of hydrogen-bond donors (Lipinski definition) is 1. The van der Waals surface area contributed by atoms with E-state index in [-0.39, 0.29) is 19.8 Å². The van der Waals surface area contributed by atoms with E-state index >= 15 is 0 Å². The standard InChI is InChI=1S/C18H21O7P/c1-22-18(19)16-8-10-17(11-9-16)23-12-5-13-24-26(20,21)25-14-15-6-3-2-4-7-15/h2-4,6-11H,5,12-14H2,1H3,(H,20,21). The van der Waals surface area contributed by atoms with Gasteiger partial charge in [-0.25, -0.2) is 9.36 Å². The summed E-state index contributed by atoms with van der Waals surface area (Å²) in [6.07, 6.45) is 0.401. The van der Waals surface area contributed by atoms with E-state index in [9.17, 15) is 14.3 Å². The van der Waals surface area contributed by atoms with Crippen LogP contribution in [0.3, 0.4) is 0 Å². The van der Waals surface area contributed by atoms with Crippen LogP contribution >= 0.6 is 7.82 Å². The van der Waals surface area contributed by atoms with Crippen LogP contribution in [0.15, 0.2) is 54.6 Å². The van der Waals surface area contributed by atoms with Gasteiger partial charge in [0, 0.05) is 6.42 Å². The van der Waals surface area contributed by atoms with Gasteiger partial charge in [0.1, 0.15) is 5.75 Å².